The van der Waals surface area contributed by atoms with Crippen LogP contribution in [0.5, 0.6) is 0 Å². The zero-order valence-electron chi connectivity index (χ0n) is 15.5. The van der Waals surface area contributed by atoms with Gasteiger partial charge in [-0.05, 0) is 48.9 Å². The molecule has 0 radical (unpaired) electrons. The maximum absolute atomic E-state index is 12.9. The molecule has 0 unspecified atom stereocenters. The lowest BCUT2D eigenvalue weighted by Crippen LogP contribution is -2.17. The number of nitrogens with one attached hydrogen (secondary N) is 2. The number of carbonyl (C=O) groups excluding carboxylic acids is 2. The zero-order valence-corrected chi connectivity index (χ0v) is 16.3. The topological polar surface area (TPSA) is 71.3 Å². The Morgan fingerprint density at radius 2 is 1.62 bits per heavy atom. The Morgan fingerprint density at radius 1 is 0.862 bits per heavy atom. The van der Waals surface area contributed by atoms with Crippen LogP contribution in [0.3, 0.4) is 0 Å². The van der Waals surface area contributed by atoms with Gasteiger partial charge in [-0.25, -0.2) is 0 Å². The van der Waals surface area contributed by atoms with Crippen LogP contribution in [0, 0.1) is 6.92 Å². The molecule has 0 atom stereocenters. The molecule has 1 heterocycles. The van der Waals surface area contributed by atoms with Crippen LogP contribution < -0.4 is 10.6 Å². The maximum Gasteiger partial charge on any atom is 0.293 e. The fourth-order valence-electron chi connectivity index (χ4n) is 3.09. The third-order valence-electron chi connectivity index (χ3n) is 4.51. The van der Waals surface area contributed by atoms with Gasteiger partial charge < -0.3 is 15.1 Å². The van der Waals surface area contributed by atoms with E-state index in [1.807, 2.05) is 25.1 Å². The van der Waals surface area contributed by atoms with Crippen LogP contribution in [0.4, 0.5) is 11.4 Å². The Hall–Kier alpha value is -3.57. The van der Waals surface area contributed by atoms with Crippen LogP contribution in [-0.2, 0) is 0 Å². The van der Waals surface area contributed by atoms with E-state index < -0.39 is 5.91 Å². The van der Waals surface area contributed by atoms with Crippen molar-refractivity contribution in [3.63, 3.8) is 0 Å². The van der Waals surface area contributed by atoms with E-state index >= 15 is 0 Å². The minimum Gasteiger partial charge on any atom is -0.449 e. The summed E-state index contributed by atoms with van der Waals surface area (Å²) in [5.41, 5.74) is 2.72. The molecule has 29 heavy (non-hydrogen) atoms. The summed E-state index contributed by atoms with van der Waals surface area (Å²) in [5, 5.41) is 6.75. The molecule has 0 bridgehead atoms. The summed E-state index contributed by atoms with van der Waals surface area (Å²) in [5.74, 6) is -0.775. The molecule has 6 heteroatoms. The molecule has 0 saturated heterocycles. The zero-order chi connectivity index (χ0) is 20.4. The number of amides is 2. The predicted octanol–water partition coefficient (Wildman–Crippen LogP) is 5.90. The van der Waals surface area contributed by atoms with Crippen molar-refractivity contribution in [2.75, 3.05) is 10.6 Å². The van der Waals surface area contributed by atoms with Crippen molar-refractivity contribution in [2.24, 2.45) is 0 Å². The van der Waals surface area contributed by atoms with Gasteiger partial charge in [-0.2, -0.15) is 0 Å². The first-order valence-corrected chi connectivity index (χ1v) is 9.36. The van der Waals surface area contributed by atoms with E-state index in [0.717, 1.165) is 5.56 Å². The summed E-state index contributed by atoms with van der Waals surface area (Å²) in [6.45, 7) is 1.86. The van der Waals surface area contributed by atoms with E-state index in [-0.39, 0.29) is 11.7 Å². The second-order valence-electron chi connectivity index (χ2n) is 6.54. The second kappa shape index (κ2) is 7.81. The highest BCUT2D eigenvalue weighted by molar-refractivity contribution is 6.31. The Balaban J connectivity index is 1.72. The standard InChI is InChI=1S/C23H17ClN2O3/c1-14-7-2-3-10-17(14)22(27)26-20-18-11-4-5-12-19(18)29-21(20)23(28)25-16-9-6-8-15(24)13-16/h2-13H,1H3,(H,25,28)(H,26,27). The highest BCUT2D eigenvalue weighted by atomic mass is 35.5. The van der Waals surface area contributed by atoms with Gasteiger partial charge in [-0.1, -0.05) is 48.0 Å². The third-order valence-corrected chi connectivity index (χ3v) is 4.75. The molecule has 2 amide bonds. The quantitative estimate of drug-likeness (QED) is 0.445. The van der Waals surface area contributed by atoms with Gasteiger partial charge in [-0.15, -0.1) is 0 Å². The minimum atomic E-state index is -0.483. The Labute approximate surface area is 172 Å². The highest BCUT2D eigenvalue weighted by Crippen LogP contribution is 2.32. The Morgan fingerprint density at radius 3 is 2.41 bits per heavy atom. The number of furan rings is 1. The summed E-state index contributed by atoms with van der Waals surface area (Å²) in [4.78, 5) is 25.8. The summed E-state index contributed by atoms with van der Waals surface area (Å²) in [7, 11) is 0. The Bertz CT molecular complexity index is 1230. The van der Waals surface area contributed by atoms with Gasteiger partial charge >= 0.3 is 0 Å². The maximum atomic E-state index is 12.9. The number of rotatable bonds is 4. The molecule has 3 aromatic carbocycles. The van der Waals surface area contributed by atoms with Crippen LogP contribution in [0.1, 0.15) is 26.5 Å². The van der Waals surface area contributed by atoms with E-state index in [1.165, 1.54) is 0 Å². The van der Waals surface area contributed by atoms with E-state index in [4.69, 9.17) is 16.0 Å². The summed E-state index contributed by atoms with van der Waals surface area (Å²) >= 11 is 5.99. The fraction of sp³-hybridized carbons (Fsp3) is 0.0435. The van der Waals surface area contributed by atoms with Gasteiger partial charge in [0.2, 0.25) is 5.76 Å². The van der Waals surface area contributed by atoms with Gasteiger partial charge in [0.25, 0.3) is 11.8 Å². The number of anilines is 2. The first kappa shape index (κ1) is 18.8. The number of hydrogen-bond acceptors (Lipinski definition) is 3. The molecule has 5 nitrogen and oxygen atoms in total. The molecule has 144 valence electrons. The first-order valence-electron chi connectivity index (χ1n) is 8.98. The van der Waals surface area contributed by atoms with E-state index in [0.29, 0.717) is 32.9 Å². The second-order valence-corrected chi connectivity index (χ2v) is 6.97. The largest absolute Gasteiger partial charge is 0.449 e. The molecule has 0 aliphatic rings. The average Bonchev–Trinajstić information content (AvgIpc) is 3.07. The molecule has 0 saturated carbocycles. The lowest BCUT2D eigenvalue weighted by atomic mass is 10.1. The molecule has 0 spiro atoms. The molecular weight excluding hydrogens is 388 g/mol. The molecule has 0 fully saturated rings. The number of para-hydroxylation sites is 1. The van der Waals surface area contributed by atoms with Gasteiger partial charge in [0.1, 0.15) is 11.3 Å². The monoisotopic (exact) mass is 404 g/mol. The van der Waals surface area contributed by atoms with Crippen LogP contribution in [-0.4, -0.2) is 11.8 Å². The first-order chi connectivity index (χ1) is 14.0. The lowest BCUT2D eigenvalue weighted by molar-refractivity contribution is 0.0999. The number of hydrogen-bond donors (Lipinski definition) is 2. The van der Waals surface area contributed by atoms with E-state index in [2.05, 4.69) is 10.6 Å². The van der Waals surface area contributed by atoms with Crippen molar-refractivity contribution in [3.8, 4) is 0 Å². The normalized spacial score (nSPS) is 10.7. The number of aryl methyl sites for hydroxylation is 1. The van der Waals surface area contributed by atoms with Crippen molar-refractivity contribution < 1.29 is 14.0 Å². The van der Waals surface area contributed by atoms with E-state index in [9.17, 15) is 9.59 Å². The van der Waals surface area contributed by atoms with Crippen LogP contribution >= 0.6 is 11.6 Å². The average molecular weight is 405 g/mol. The predicted molar refractivity (Wildman–Crippen MR) is 115 cm³/mol. The van der Waals surface area contributed by atoms with E-state index in [1.54, 1.807) is 54.6 Å². The van der Waals surface area contributed by atoms with Gasteiger partial charge in [0.05, 0.1) is 0 Å². The van der Waals surface area contributed by atoms with Crippen LogP contribution in [0.25, 0.3) is 11.0 Å². The molecule has 4 rings (SSSR count). The SMILES string of the molecule is Cc1ccccc1C(=O)Nc1c(C(=O)Nc2cccc(Cl)c2)oc2ccccc12. The smallest absolute Gasteiger partial charge is 0.293 e. The van der Waals surface area contributed by atoms with Gasteiger partial charge in [0.15, 0.2) is 0 Å². The van der Waals surface area contributed by atoms with Gasteiger partial charge in [0, 0.05) is 21.7 Å². The molecule has 0 aliphatic carbocycles. The summed E-state index contributed by atoms with van der Waals surface area (Å²) < 4.78 is 5.77. The van der Waals surface area contributed by atoms with Crippen molar-refractivity contribution >= 4 is 45.8 Å². The van der Waals surface area contributed by atoms with Crippen molar-refractivity contribution in [1.82, 2.24) is 0 Å². The lowest BCUT2D eigenvalue weighted by Gasteiger charge is -2.09. The summed E-state index contributed by atoms with van der Waals surface area (Å²) in [6.07, 6.45) is 0. The molecule has 4 aromatic rings. The van der Waals surface area contributed by atoms with Gasteiger partial charge in [-0.3, -0.25) is 9.59 Å². The number of halogens is 1. The summed E-state index contributed by atoms with van der Waals surface area (Å²) in [6, 6.07) is 21.2. The minimum absolute atomic E-state index is 0.0214. The fourth-order valence-corrected chi connectivity index (χ4v) is 3.28. The number of benzene rings is 3. The molecule has 2 N–H and O–H groups in total. The van der Waals surface area contributed by atoms with Crippen molar-refractivity contribution in [1.29, 1.82) is 0 Å². The van der Waals surface area contributed by atoms with Crippen molar-refractivity contribution in [2.45, 2.75) is 6.92 Å². The van der Waals surface area contributed by atoms with Crippen LogP contribution in [0.15, 0.2) is 77.2 Å². The highest BCUT2D eigenvalue weighted by Gasteiger charge is 2.23. The Kier molecular flexibility index (Phi) is 5.06. The third kappa shape index (κ3) is 3.86. The van der Waals surface area contributed by atoms with Crippen molar-refractivity contribution in [3.05, 3.63) is 94.7 Å². The molecular formula is C23H17ClN2O3. The number of fused-ring (bicyclic) bond motifs is 1. The number of carbonyl (C=O) groups is 2. The molecule has 0 aliphatic heterocycles. The van der Waals surface area contributed by atoms with Crippen LogP contribution in [0.2, 0.25) is 5.02 Å². The molecule has 1 aromatic heterocycles.